The molecule has 1 aliphatic rings. The van der Waals surface area contributed by atoms with E-state index >= 15 is 0 Å². The summed E-state index contributed by atoms with van der Waals surface area (Å²) in [5.41, 5.74) is 0.779. The van der Waals surface area contributed by atoms with Crippen LogP contribution in [0.1, 0.15) is 6.92 Å². The van der Waals surface area contributed by atoms with Gasteiger partial charge in [-0.15, -0.1) is 0 Å². The van der Waals surface area contributed by atoms with Crippen LogP contribution < -0.4 is 0 Å². The lowest BCUT2D eigenvalue weighted by atomic mass is 10.0. The zero-order valence-corrected chi connectivity index (χ0v) is 10.2. The summed E-state index contributed by atoms with van der Waals surface area (Å²) in [7, 11) is 4.67. The van der Waals surface area contributed by atoms with E-state index in [4.69, 9.17) is 18.9 Å². The van der Waals surface area contributed by atoms with Crippen molar-refractivity contribution in [1.29, 1.82) is 0 Å². The predicted molar refractivity (Wildman–Crippen MR) is 60.7 cm³/mol. The third kappa shape index (κ3) is 1.99. The zero-order valence-electron chi connectivity index (χ0n) is 10.2. The van der Waals surface area contributed by atoms with Gasteiger partial charge in [-0.2, -0.15) is 0 Å². The first-order valence-corrected chi connectivity index (χ1v) is 5.05. The summed E-state index contributed by atoms with van der Waals surface area (Å²) in [6.45, 7) is 6.20. The normalized spacial score (nSPS) is 18.9. The Morgan fingerprint density at radius 3 is 1.94 bits per heavy atom. The van der Waals surface area contributed by atoms with Crippen molar-refractivity contribution in [1.82, 2.24) is 0 Å². The molecule has 0 aromatic heterocycles. The van der Waals surface area contributed by atoms with Gasteiger partial charge in [-0.25, -0.2) is 0 Å². The van der Waals surface area contributed by atoms with E-state index in [1.54, 1.807) is 33.5 Å². The van der Waals surface area contributed by atoms with Crippen LogP contribution in [0.2, 0.25) is 0 Å². The quantitative estimate of drug-likeness (QED) is 0.672. The van der Waals surface area contributed by atoms with Crippen LogP contribution in [0, 0.1) is 0 Å². The minimum Gasteiger partial charge on any atom is -0.495 e. The van der Waals surface area contributed by atoms with Gasteiger partial charge in [0.15, 0.2) is 11.5 Å². The fraction of sp³-hybridized carbons (Fsp3) is 0.500. The lowest BCUT2D eigenvalue weighted by molar-refractivity contribution is -0.208. The maximum atomic E-state index is 5.63. The molecule has 0 N–H and O–H groups in total. The highest BCUT2D eigenvalue weighted by atomic mass is 16.7. The highest BCUT2D eigenvalue weighted by Gasteiger charge is 2.44. The lowest BCUT2D eigenvalue weighted by Gasteiger charge is -2.36. The molecule has 0 aliphatic heterocycles. The second-order valence-electron chi connectivity index (χ2n) is 3.25. The van der Waals surface area contributed by atoms with Gasteiger partial charge in [-0.1, -0.05) is 6.58 Å². The Morgan fingerprint density at radius 1 is 1.12 bits per heavy atom. The molecule has 0 unspecified atom stereocenters. The van der Waals surface area contributed by atoms with Gasteiger partial charge in [0.25, 0.3) is 5.79 Å². The van der Waals surface area contributed by atoms with E-state index in [0.29, 0.717) is 18.1 Å². The first-order valence-electron chi connectivity index (χ1n) is 5.05. The van der Waals surface area contributed by atoms with Crippen LogP contribution in [0.15, 0.2) is 35.8 Å². The van der Waals surface area contributed by atoms with Gasteiger partial charge in [-0.3, -0.25) is 0 Å². The van der Waals surface area contributed by atoms with Crippen LogP contribution >= 0.6 is 0 Å². The second kappa shape index (κ2) is 5.18. The highest BCUT2D eigenvalue weighted by Crippen LogP contribution is 2.36. The SMILES string of the molecule is C=C1C=C(OC)C(OC)(OCC)C(OC)=C1. The summed E-state index contributed by atoms with van der Waals surface area (Å²) in [4.78, 5) is 0. The summed E-state index contributed by atoms with van der Waals surface area (Å²) in [6.07, 6.45) is 3.53. The van der Waals surface area contributed by atoms with Crippen molar-refractivity contribution >= 4 is 0 Å². The number of ether oxygens (including phenoxy) is 4. The molecule has 0 bridgehead atoms. The molecule has 0 fully saturated rings. The van der Waals surface area contributed by atoms with Crippen molar-refractivity contribution in [2.24, 2.45) is 0 Å². The van der Waals surface area contributed by atoms with Crippen LogP contribution in [0.3, 0.4) is 0 Å². The van der Waals surface area contributed by atoms with Crippen LogP contribution in [0.25, 0.3) is 0 Å². The van der Waals surface area contributed by atoms with Crippen molar-refractivity contribution in [2.45, 2.75) is 12.7 Å². The molecule has 0 saturated heterocycles. The zero-order chi connectivity index (χ0) is 12.2. The average Bonchev–Trinajstić information content (AvgIpc) is 2.30. The molecule has 1 rings (SSSR count). The third-order valence-electron chi connectivity index (χ3n) is 2.36. The van der Waals surface area contributed by atoms with Crippen molar-refractivity contribution < 1.29 is 18.9 Å². The molecule has 4 nitrogen and oxygen atoms in total. The molecule has 0 heterocycles. The van der Waals surface area contributed by atoms with E-state index in [2.05, 4.69) is 6.58 Å². The molecule has 0 atom stereocenters. The van der Waals surface area contributed by atoms with Crippen LogP contribution in [0.4, 0.5) is 0 Å². The monoisotopic (exact) mass is 226 g/mol. The van der Waals surface area contributed by atoms with Crippen molar-refractivity contribution in [3.8, 4) is 0 Å². The van der Waals surface area contributed by atoms with Gasteiger partial charge in [0.05, 0.1) is 14.2 Å². The molecule has 90 valence electrons. The van der Waals surface area contributed by atoms with Gasteiger partial charge in [0.1, 0.15) is 0 Å². The first kappa shape index (κ1) is 12.8. The molecule has 0 amide bonds. The fourth-order valence-electron chi connectivity index (χ4n) is 1.68. The molecule has 4 heteroatoms. The Labute approximate surface area is 96.1 Å². The summed E-state index contributed by atoms with van der Waals surface area (Å²) < 4.78 is 21.6. The van der Waals surface area contributed by atoms with E-state index in [9.17, 15) is 0 Å². The molecule has 16 heavy (non-hydrogen) atoms. The molecule has 0 spiro atoms. The largest absolute Gasteiger partial charge is 0.495 e. The molecule has 0 saturated carbocycles. The Kier molecular flexibility index (Phi) is 4.15. The Hall–Kier alpha value is -1.26. The Morgan fingerprint density at radius 2 is 1.62 bits per heavy atom. The van der Waals surface area contributed by atoms with Gasteiger partial charge < -0.3 is 18.9 Å². The summed E-state index contributed by atoms with van der Waals surface area (Å²) >= 11 is 0. The Balaban J connectivity index is 3.21. The maximum absolute atomic E-state index is 5.63. The number of methoxy groups -OCH3 is 3. The molecule has 0 aromatic carbocycles. The van der Waals surface area contributed by atoms with E-state index < -0.39 is 5.79 Å². The van der Waals surface area contributed by atoms with Gasteiger partial charge in [-0.05, 0) is 24.6 Å². The highest BCUT2D eigenvalue weighted by molar-refractivity contribution is 5.42. The summed E-state index contributed by atoms with van der Waals surface area (Å²) in [5.74, 6) is -0.0400. The molecular formula is C12H18O4. The number of rotatable bonds is 5. The molecular weight excluding hydrogens is 208 g/mol. The summed E-state index contributed by atoms with van der Waals surface area (Å²) in [6, 6.07) is 0. The fourth-order valence-corrected chi connectivity index (χ4v) is 1.68. The lowest BCUT2D eigenvalue weighted by Crippen LogP contribution is -2.42. The van der Waals surface area contributed by atoms with Crippen LogP contribution in [-0.2, 0) is 18.9 Å². The van der Waals surface area contributed by atoms with E-state index in [1.807, 2.05) is 6.92 Å². The molecule has 1 aliphatic carbocycles. The second-order valence-corrected chi connectivity index (χ2v) is 3.25. The first-order chi connectivity index (χ1) is 7.64. The smallest absolute Gasteiger partial charge is 0.287 e. The minimum atomic E-state index is -1.10. The average molecular weight is 226 g/mol. The van der Waals surface area contributed by atoms with E-state index in [1.165, 1.54) is 0 Å². The van der Waals surface area contributed by atoms with Gasteiger partial charge >= 0.3 is 0 Å². The van der Waals surface area contributed by atoms with Crippen molar-refractivity contribution in [3.05, 3.63) is 35.8 Å². The van der Waals surface area contributed by atoms with E-state index in [0.717, 1.165) is 5.57 Å². The Bertz CT molecular complexity index is 304. The van der Waals surface area contributed by atoms with Gasteiger partial charge in [0, 0.05) is 13.7 Å². The van der Waals surface area contributed by atoms with Crippen LogP contribution in [-0.4, -0.2) is 33.7 Å². The minimum absolute atomic E-state index is 0.474. The van der Waals surface area contributed by atoms with Crippen LogP contribution in [0.5, 0.6) is 0 Å². The maximum Gasteiger partial charge on any atom is 0.287 e. The topological polar surface area (TPSA) is 36.9 Å². The van der Waals surface area contributed by atoms with Gasteiger partial charge in [0.2, 0.25) is 0 Å². The van der Waals surface area contributed by atoms with Crippen molar-refractivity contribution in [2.75, 3.05) is 27.9 Å². The standard InChI is InChI=1S/C12H18O4/c1-6-16-12(15-5)10(13-3)7-9(2)8-11(12)14-4/h7-8H,2,6H2,1,3-5H3. The molecule has 0 radical (unpaired) electrons. The predicted octanol–water partition coefficient (Wildman–Crippen LogP) is 2.00. The number of hydrogen-bond donors (Lipinski definition) is 0. The third-order valence-corrected chi connectivity index (χ3v) is 2.36. The number of hydrogen-bond acceptors (Lipinski definition) is 4. The number of allylic oxidation sites excluding steroid dienone is 3. The van der Waals surface area contributed by atoms with E-state index in [-0.39, 0.29) is 0 Å². The molecule has 0 aromatic rings. The van der Waals surface area contributed by atoms with Crippen molar-refractivity contribution in [3.63, 3.8) is 0 Å². The summed E-state index contributed by atoms with van der Waals surface area (Å²) in [5, 5.41) is 0.